The van der Waals surface area contributed by atoms with E-state index in [4.69, 9.17) is 4.74 Å². The Morgan fingerprint density at radius 2 is 2.18 bits per heavy atom. The predicted molar refractivity (Wildman–Crippen MR) is 64.2 cm³/mol. The summed E-state index contributed by atoms with van der Waals surface area (Å²) in [6, 6.07) is 6.22. The molecular formula is C12H16N2O3. The molecule has 0 amide bonds. The van der Waals surface area contributed by atoms with Crippen molar-refractivity contribution in [3.05, 3.63) is 34.4 Å². The Kier molecular flexibility index (Phi) is 3.93. The van der Waals surface area contributed by atoms with Gasteiger partial charge in [-0.25, -0.2) is 0 Å². The molecule has 1 atom stereocenters. The summed E-state index contributed by atoms with van der Waals surface area (Å²) >= 11 is 0. The number of benzene rings is 1. The number of nitrogens with zero attached hydrogens (tertiary/aromatic N) is 1. The van der Waals surface area contributed by atoms with E-state index in [9.17, 15) is 10.1 Å². The van der Waals surface area contributed by atoms with Gasteiger partial charge in [-0.1, -0.05) is 0 Å². The molecule has 0 spiro atoms. The van der Waals surface area contributed by atoms with Crippen LogP contribution in [-0.4, -0.2) is 24.6 Å². The van der Waals surface area contributed by atoms with Crippen molar-refractivity contribution < 1.29 is 9.66 Å². The summed E-state index contributed by atoms with van der Waals surface area (Å²) in [4.78, 5) is 10.0. The fraction of sp³-hybridized carbons (Fsp3) is 0.500. The summed E-state index contributed by atoms with van der Waals surface area (Å²) in [6.45, 7) is 2.84. The molecule has 2 rings (SSSR count). The van der Waals surface area contributed by atoms with E-state index in [1.165, 1.54) is 18.6 Å². The summed E-state index contributed by atoms with van der Waals surface area (Å²) in [5.41, 5.74) is 0.0948. The number of rotatable bonds is 5. The van der Waals surface area contributed by atoms with Gasteiger partial charge in [0.2, 0.25) is 0 Å². The molecule has 5 nitrogen and oxygen atoms in total. The third kappa shape index (κ3) is 3.42. The van der Waals surface area contributed by atoms with Crippen molar-refractivity contribution in [2.75, 3.05) is 19.7 Å². The van der Waals surface area contributed by atoms with Gasteiger partial charge in [0.25, 0.3) is 5.69 Å². The maximum atomic E-state index is 10.5. The Labute approximate surface area is 99.9 Å². The summed E-state index contributed by atoms with van der Waals surface area (Å²) in [5.74, 6) is 1.40. The molecule has 1 aromatic carbocycles. The molecule has 1 saturated heterocycles. The van der Waals surface area contributed by atoms with Gasteiger partial charge in [-0.2, -0.15) is 0 Å². The van der Waals surface area contributed by atoms with Crippen LogP contribution in [0.5, 0.6) is 5.75 Å². The number of non-ortho nitro benzene ring substituents is 1. The summed E-state index contributed by atoms with van der Waals surface area (Å²) < 4.78 is 5.55. The van der Waals surface area contributed by atoms with Crippen LogP contribution in [0.15, 0.2) is 24.3 Å². The van der Waals surface area contributed by atoms with Crippen molar-refractivity contribution in [3.8, 4) is 5.75 Å². The Morgan fingerprint density at radius 3 is 2.76 bits per heavy atom. The zero-order valence-corrected chi connectivity index (χ0v) is 9.59. The first kappa shape index (κ1) is 11.9. The van der Waals surface area contributed by atoms with E-state index in [0.29, 0.717) is 18.3 Å². The average molecular weight is 236 g/mol. The number of ether oxygens (including phenoxy) is 1. The maximum Gasteiger partial charge on any atom is 0.269 e. The van der Waals surface area contributed by atoms with Crippen LogP contribution in [0.2, 0.25) is 0 Å². The first-order valence-corrected chi connectivity index (χ1v) is 5.83. The molecule has 0 aromatic heterocycles. The molecule has 0 bridgehead atoms. The second-order valence-electron chi connectivity index (χ2n) is 4.25. The highest BCUT2D eigenvalue weighted by atomic mass is 16.6. The molecule has 1 fully saturated rings. The van der Waals surface area contributed by atoms with Crippen molar-refractivity contribution in [2.45, 2.75) is 12.8 Å². The fourth-order valence-electron chi connectivity index (χ4n) is 1.97. The molecule has 0 aliphatic carbocycles. The van der Waals surface area contributed by atoms with Gasteiger partial charge in [0.15, 0.2) is 0 Å². The smallest absolute Gasteiger partial charge is 0.269 e. The maximum absolute atomic E-state index is 10.5. The van der Waals surface area contributed by atoms with Gasteiger partial charge in [-0.3, -0.25) is 10.1 Å². The van der Waals surface area contributed by atoms with Crippen LogP contribution < -0.4 is 10.1 Å². The fourth-order valence-corrected chi connectivity index (χ4v) is 1.97. The van der Waals surface area contributed by atoms with Crippen LogP contribution in [-0.2, 0) is 0 Å². The lowest BCUT2D eigenvalue weighted by Gasteiger charge is -2.09. The van der Waals surface area contributed by atoms with Gasteiger partial charge in [-0.05, 0) is 44.0 Å². The molecule has 5 heteroatoms. The molecule has 92 valence electrons. The zero-order valence-electron chi connectivity index (χ0n) is 9.59. The summed E-state index contributed by atoms with van der Waals surface area (Å²) in [6.07, 6.45) is 2.24. The van der Waals surface area contributed by atoms with Crippen LogP contribution in [0.4, 0.5) is 5.69 Å². The van der Waals surface area contributed by atoms with E-state index in [2.05, 4.69) is 5.32 Å². The van der Waals surface area contributed by atoms with Gasteiger partial charge < -0.3 is 10.1 Å². The number of nitro groups is 1. The van der Waals surface area contributed by atoms with Crippen molar-refractivity contribution in [2.24, 2.45) is 5.92 Å². The summed E-state index contributed by atoms with van der Waals surface area (Å²) in [5, 5.41) is 13.8. The van der Waals surface area contributed by atoms with Crippen LogP contribution in [0.3, 0.4) is 0 Å². The number of hydrogen-bond donors (Lipinski definition) is 1. The monoisotopic (exact) mass is 236 g/mol. The van der Waals surface area contributed by atoms with Crippen molar-refractivity contribution in [3.63, 3.8) is 0 Å². The van der Waals surface area contributed by atoms with E-state index >= 15 is 0 Å². The highest BCUT2D eigenvalue weighted by molar-refractivity contribution is 5.35. The highest BCUT2D eigenvalue weighted by Crippen LogP contribution is 2.18. The Balaban J connectivity index is 1.76. The van der Waals surface area contributed by atoms with E-state index < -0.39 is 4.92 Å². The lowest BCUT2D eigenvalue weighted by Crippen LogP contribution is -2.11. The molecule has 0 radical (unpaired) electrons. The molecule has 1 aromatic rings. The summed E-state index contributed by atoms with van der Waals surface area (Å²) in [7, 11) is 0. The lowest BCUT2D eigenvalue weighted by molar-refractivity contribution is -0.384. The number of nitrogens with one attached hydrogen (secondary N) is 1. The standard InChI is InChI=1S/C12H16N2O3/c15-14(16)11-1-3-12(4-2-11)17-8-6-10-5-7-13-9-10/h1-4,10,13H,5-9H2. The molecule has 1 aliphatic rings. The van der Waals surface area contributed by atoms with Crippen LogP contribution in [0.1, 0.15) is 12.8 Å². The minimum atomic E-state index is -0.409. The van der Waals surface area contributed by atoms with E-state index in [1.54, 1.807) is 12.1 Å². The highest BCUT2D eigenvalue weighted by Gasteiger charge is 2.14. The molecule has 1 unspecified atom stereocenters. The largest absolute Gasteiger partial charge is 0.494 e. The third-order valence-corrected chi connectivity index (χ3v) is 3.00. The van der Waals surface area contributed by atoms with Gasteiger partial charge >= 0.3 is 0 Å². The SMILES string of the molecule is O=[N+]([O-])c1ccc(OCCC2CCNC2)cc1. The van der Waals surface area contributed by atoms with E-state index in [0.717, 1.165) is 19.5 Å². The van der Waals surface area contributed by atoms with Gasteiger partial charge in [0.05, 0.1) is 11.5 Å². The second kappa shape index (κ2) is 5.63. The van der Waals surface area contributed by atoms with Crippen molar-refractivity contribution >= 4 is 5.69 Å². The predicted octanol–water partition coefficient (Wildman–Crippen LogP) is 1.97. The van der Waals surface area contributed by atoms with Crippen LogP contribution in [0, 0.1) is 16.0 Å². The number of hydrogen-bond acceptors (Lipinski definition) is 4. The average Bonchev–Trinajstić information content (AvgIpc) is 2.83. The molecular weight excluding hydrogens is 220 g/mol. The molecule has 1 N–H and O–H groups in total. The molecule has 1 aliphatic heterocycles. The van der Waals surface area contributed by atoms with Gasteiger partial charge in [-0.15, -0.1) is 0 Å². The minimum absolute atomic E-state index is 0.0948. The number of nitro benzene ring substituents is 1. The van der Waals surface area contributed by atoms with Crippen LogP contribution in [0.25, 0.3) is 0 Å². The third-order valence-electron chi connectivity index (χ3n) is 3.00. The minimum Gasteiger partial charge on any atom is -0.494 e. The van der Waals surface area contributed by atoms with E-state index in [1.807, 2.05) is 0 Å². The molecule has 0 saturated carbocycles. The lowest BCUT2D eigenvalue weighted by atomic mass is 10.1. The topological polar surface area (TPSA) is 64.4 Å². The first-order valence-electron chi connectivity index (χ1n) is 5.83. The Morgan fingerprint density at radius 1 is 1.41 bits per heavy atom. The molecule has 17 heavy (non-hydrogen) atoms. The van der Waals surface area contributed by atoms with Gasteiger partial charge in [0.1, 0.15) is 5.75 Å². The quantitative estimate of drug-likeness (QED) is 0.627. The van der Waals surface area contributed by atoms with E-state index in [-0.39, 0.29) is 5.69 Å². The second-order valence-corrected chi connectivity index (χ2v) is 4.25. The van der Waals surface area contributed by atoms with Crippen molar-refractivity contribution in [1.82, 2.24) is 5.32 Å². The first-order chi connectivity index (χ1) is 8.25. The van der Waals surface area contributed by atoms with Gasteiger partial charge in [0, 0.05) is 12.1 Å². The normalized spacial score (nSPS) is 19.2. The molecule has 1 heterocycles. The van der Waals surface area contributed by atoms with Crippen molar-refractivity contribution in [1.29, 1.82) is 0 Å². The Bertz CT molecular complexity index is 372. The van der Waals surface area contributed by atoms with Crippen LogP contribution >= 0.6 is 0 Å². The zero-order chi connectivity index (χ0) is 12.1. The Hall–Kier alpha value is -1.62.